The molecule has 39 heavy (non-hydrogen) atoms. The zero-order valence-electron chi connectivity index (χ0n) is 22.9. The van der Waals surface area contributed by atoms with Gasteiger partial charge in [0.15, 0.2) is 5.78 Å². The lowest BCUT2D eigenvalue weighted by Gasteiger charge is -2.29. The van der Waals surface area contributed by atoms with Gasteiger partial charge in [0.1, 0.15) is 12.4 Å². The summed E-state index contributed by atoms with van der Waals surface area (Å²) in [6.07, 6.45) is 2.14. The van der Waals surface area contributed by atoms with Gasteiger partial charge in [0.2, 0.25) is 0 Å². The van der Waals surface area contributed by atoms with Gasteiger partial charge in [-0.2, -0.15) is 0 Å². The zero-order valence-corrected chi connectivity index (χ0v) is 22.9. The highest BCUT2D eigenvalue weighted by Gasteiger charge is 2.34. The van der Waals surface area contributed by atoms with E-state index in [1.165, 1.54) is 0 Å². The van der Waals surface area contributed by atoms with Gasteiger partial charge in [-0.05, 0) is 47.4 Å². The Morgan fingerprint density at radius 3 is 2.23 bits per heavy atom. The largest absolute Gasteiger partial charge is 0.511 e. The number of carboxylic acid groups (broad SMARTS) is 1. The Balaban J connectivity index is 1.26. The molecule has 7 nitrogen and oxygen atoms in total. The van der Waals surface area contributed by atoms with Gasteiger partial charge >= 0.3 is 11.9 Å². The monoisotopic (exact) mass is 531 g/mol. The Bertz CT molecular complexity index is 1280. The van der Waals surface area contributed by atoms with Crippen LogP contribution < -0.4 is 0 Å². The number of unbranched alkanes of at least 4 members (excludes halogenated alkanes) is 1. The van der Waals surface area contributed by atoms with E-state index in [2.05, 4.69) is 17.1 Å². The van der Waals surface area contributed by atoms with Crippen molar-refractivity contribution in [3.8, 4) is 11.1 Å². The average Bonchev–Trinajstić information content (AvgIpc) is 3.19. The molecular formula is C32H37NO6. The first-order chi connectivity index (χ1) is 18.6. The molecule has 2 aromatic carbocycles. The fourth-order valence-corrected chi connectivity index (χ4v) is 5.72. The van der Waals surface area contributed by atoms with Crippen molar-refractivity contribution in [2.24, 2.45) is 16.3 Å². The summed E-state index contributed by atoms with van der Waals surface area (Å²) >= 11 is 0. The first-order valence-electron chi connectivity index (χ1n) is 13.6. The van der Waals surface area contributed by atoms with Crippen molar-refractivity contribution in [2.75, 3.05) is 13.2 Å². The molecule has 206 valence electrons. The number of hydrogen-bond donors (Lipinski definition) is 2. The maximum atomic E-state index is 12.6. The molecule has 0 amide bonds. The van der Waals surface area contributed by atoms with Crippen LogP contribution in [0.5, 0.6) is 0 Å². The van der Waals surface area contributed by atoms with Crippen molar-refractivity contribution in [1.29, 1.82) is 0 Å². The molecule has 2 N–H and O–H groups in total. The molecule has 0 spiro atoms. The topological polar surface area (TPSA) is 113 Å². The molecule has 2 aliphatic carbocycles. The SMILES string of the molecule is CC(=NCCCC[C@H](CC(=O)OCC1c2ccccc2-c2ccccc21)C(=O)O)C1=C(O)CC(C)(C)CC1=O. The van der Waals surface area contributed by atoms with Gasteiger partial charge in [0.25, 0.3) is 0 Å². The van der Waals surface area contributed by atoms with Crippen LogP contribution in [0.15, 0.2) is 64.9 Å². The lowest BCUT2D eigenvalue weighted by atomic mass is 9.76. The molecule has 0 bridgehead atoms. The average molecular weight is 532 g/mol. The molecular weight excluding hydrogens is 494 g/mol. The summed E-state index contributed by atoms with van der Waals surface area (Å²) in [5.74, 6) is -2.44. The Labute approximate surface area is 229 Å². The number of nitrogens with zero attached hydrogens (tertiary/aromatic N) is 1. The molecule has 0 heterocycles. The summed E-state index contributed by atoms with van der Waals surface area (Å²) in [6.45, 7) is 6.21. The van der Waals surface area contributed by atoms with Gasteiger partial charge < -0.3 is 14.9 Å². The number of benzene rings is 2. The minimum Gasteiger partial charge on any atom is -0.511 e. The third kappa shape index (κ3) is 6.64. The van der Waals surface area contributed by atoms with Gasteiger partial charge in [0.05, 0.1) is 17.9 Å². The minimum atomic E-state index is -1.02. The number of ether oxygens (including phenoxy) is 1. The Hall–Kier alpha value is -3.74. The Morgan fingerprint density at radius 2 is 1.64 bits per heavy atom. The normalized spacial score (nSPS) is 17.5. The van der Waals surface area contributed by atoms with Crippen LogP contribution in [0.25, 0.3) is 11.1 Å². The number of aliphatic imine (C=N–C) groups is 1. The first kappa shape index (κ1) is 28.3. The number of rotatable bonds is 11. The molecule has 2 aliphatic rings. The Morgan fingerprint density at radius 1 is 1.03 bits per heavy atom. The van der Waals surface area contributed by atoms with Crippen LogP contribution in [0.3, 0.4) is 0 Å². The van der Waals surface area contributed by atoms with Gasteiger partial charge in [0, 0.05) is 31.0 Å². The molecule has 0 saturated heterocycles. The van der Waals surface area contributed by atoms with Gasteiger partial charge in [-0.3, -0.25) is 19.4 Å². The number of aliphatic hydroxyl groups excluding tert-OH is 1. The van der Waals surface area contributed by atoms with E-state index in [9.17, 15) is 24.6 Å². The number of ketones is 1. The number of carbonyl (C=O) groups excluding carboxylic acids is 2. The summed E-state index contributed by atoms with van der Waals surface area (Å²) in [7, 11) is 0. The molecule has 0 aromatic heterocycles. The van der Waals surface area contributed by atoms with Crippen LogP contribution in [0.2, 0.25) is 0 Å². The van der Waals surface area contributed by atoms with Gasteiger partial charge in [-0.15, -0.1) is 0 Å². The highest BCUT2D eigenvalue weighted by molar-refractivity contribution is 6.22. The number of carboxylic acids is 1. The van der Waals surface area contributed by atoms with Crippen molar-refractivity contribution >= 4 is 23.4 Å². The molecule has 0 fully saturated rings. The number of hydrogen-bond acceptors (Lipinski definition) is 6. The predicted molar refractivity (Wildman–Crippen MR) is 150 cm³/mol. The molecule has 1 atom stereocenters. The summed E-state index contributed by atoms with van der Waals surface area (Å²) < 4.78 is 5.60. The van der Waals surface area contributed by atoms with Gasteiger partial charge in [-0.25, -0.2) is 0 Å². The fraction of sp³-hybridized carbons (Fsp3) is 0.438. The molecule has 0 aliphatic heterocycles. The summed E-state index contributed by atoms with van der Waals surface area (Å²) in [5.41, 5.74) is 5.07. The second-order valence-electron chi connectivity index (χ2n) is 11.4. The summed E-state index contributed by atoms with van der Waals surface area (Å²) in [4.78, 5) is 41.4. The van der Waals surface area contributed by atoms with E-state index >= 15 is 0 Å². The minimum absolute atomic E-state index is 0.0672. The van der Waals surface area contributed by atoms with E-state index < -0.39 is 17.9 Å². The number of esters is 1. The number of aliphatic carboxylic acids is 1. The lowest BCUT2D eigenvalue weighted by molar-refractivity contribution is -0.152. The van der Waals surface area contributed by atoms with Crippen molar-refractivity contribution in [1.82, 2.24) is 0 Å². The van der Waals surface area contributed by atoms with Crippen molar-refractivity contribution < 1.29 is 29.3 Å². The van der Waals surface area contributed by atoms with Crippen LogP contribution in [0, 0.1) is 11.3 Å². The van der Waals surface area contributed by atoms with Crippen LogP contribution in [-0.4, -0.2) is 46.8 Å². The Kier molecular flexibility index (Phi) is 8.68. The third-order valence-corrected chi connectivity index (χ3v) is 7.66. The first-order valence-corrected chi connectivity index (χ1v) is 13.6. The van der Waals surface area contributed by atoms with Crippen LogP contribution >= 0.6 is 0 Å². The smallest absolute Gasteiger partial charge is 0.307 e. The van der Waals surface area contributed by atoms with Crippen LogP contribution in [0.1, 0.15) is 76.3 Å². The van der Waals surface area contributed by atoms with Crippen LogP contribution in [0.4, 0.5) is 0 Å². The summed E-state index contributed by atoms with van der Waals surface area (Å²) in [6, 6.07) is 16.1. The second kappa shape index (κ2) is 12.0. The van der Waals surface area contributed by atoms with E-state index in [-0.39, 0.29) is 35.9 Å². The van der Waals surface area contributed by atoms with Crippen LogP contribution in [-0.2, 0) is 19.1 Å². The number of carbonyl (C=O) groups is 3. The fourth-order valence-electron chi connectivity index (χ4n) is 5.72. The third-order valence-electron chi connectivity index (χ3n) is 7.66. The number of allylic oxidation sites excluding steroid dienone is 2. The molecule has 4 rings (SSSR count). The van der Waals surface area contributed by atoms with E-state index in [1.54, 1.807) is 6.92 Å². The zero-order chi connectivity index (χ0) is 28.2. The van der Waals surface area contributed by atoms with E-state index in [1.807, 2.05) is 50.2 Å². The number of Topliss-reactive ketones (excluding diaryl/α,β-unsaturated/α-hetero) is 1. The summed E-state index contributed by atoms with van der Waals surface area (Å²) in [5, 5.41) is 20.0. The molecule has 2 aromatic rings. The second-order valence-corrected chi connectivity index (χ2v) is 11.4. The highest BCUT2D eigenvalue weighted by atomic mass is 16.5. The van der Waals surface area contributed by atoms with E-state index in [0.29, 0.717) is 49.9 Å². The predicted octanol–water partition coefficient (Wildman–Crippen LogP) is 6.27. The molecule has 0 radical (unpaired) electrons. The molecule has 7 heteroatoms. The van der Waals surface area contributed by atoms with Crippen molar-refractivity contribution in [2.45, 2.75) is 65.2 Å². The van der Waals surface area contributed by atoms with Crippen molar-refractivity contribution in [3.05, 3.63) is 71.0 Å². The van der Waals surface area contributed by atoms with E-state index in [4.69, 9.17) is 4.74 Å². The van der Waals surface area contributed by atoms with E-state index in [0.717, 1.165) is 22.3 Å². The standard InChI is InChI=1S/C32H37NO6/c1-20(30-27(34)17-32(2,3)18-28(30)35)33-15-9-8-10-21(31(37)38)16-29(36)39-19-26-24-13-6-4-11-22(24)23-12-5-7-14-25(23)26/h4-7,11-14,21,26,34H,8-10,15-19H2,1-3H3,(H,37,38)/t21-/m1/s1. The maximum Gasteiger partial charge on any atom is 0.307 e. The molecule has 0 saturated carbocycles. The highest BCUT2D eigenvalue weighted by Crippen LogP contribution is 2.44. The lowest BCUT2D eigenvalue weighted by Crippen LogP contribution is -2.28. The van der Waals surface area contributed by atoms with Crippen molar-refractivity contribution in [3.63, 3.8) is 0 Å². The quantitative estimate of drug-likeness (QED) is 0.201. The number of aliphatic hydroxyl groups is 1. The maximum absolute atomic E-state index is 12.6. The molecule has 0 unspecified atom stereocenters. The number of fused-ring (bicyclic) bond motifs is 3. The van der Waals surface area contributed by atoms with Gasteiger partial charge in [-0.1, -0.05) is 68.8 Å².